The van der Waals surface area contributed by atoms with E-state index in [1.807, 2.05) is 33.0 Å². The van der Waals surface area contributed by atoms with E-state index >= 15 is 0 Å². The molecular weight excluding hydrogens is 277 g/mol. The van der Waals surface area contributed by atoms with Gasteiger partial charge in [-0.1, -0.05) is 17.7 Å². The topological polar surface area (TPSA) is 21.3 Å². The highest BCUT2D eigenvalue weighted by Crippen LogP contribution is 2.34. The standard InChI is InChI=1S/C16H17ClFNO/c1-10-4-6-14(17)16(8-10)20-15-7-5-12(18)9-13(15)11(2)19-3/h4-9,11,19H,1-3H3. The number of ether oxygens (including phenoxy) is 1. The number of nitrogens with one attached hydrogen (secondary N) is 1. The monoisotopic (exact) mass is 293 g/mol. The molecular formula is C16H17ClFNO. The van der Waals surface area contributed by atoms with Crippen LogP contribution >= 0.6 is 11.6 Å². The summed E-state index contributed by atoms with van der Waals surface area (Å²) in [6, 6.07) is 10.0. The molecule has 0 saturated heterocycles. The third-order valence-corrected chi connectivity index (χ3v) is 3.49. The predicted molar refractivity (Wildman–Crippen MR) is 80.1 cm³/mol. The fourth-order valence-electron chi connectivity index (χ4n) is 1.91. The van der Waals surface area contributed by atoms with Crippen LogP contribution in [0, 0.1) is 12.7 Å². The van der Waals surface area contributed by atoms with Gasteiger partial charge in [0.05, 0.1) is 5.02 Å². The molecule has 1 N–H and O–H groups in total. The number of rotatable bonds is 4. The van der Waals surface area contributed by atoms with E-state index in [1.165, 1.54) is 12.1 Å². The lowest BCUT2D eigenvalue weighted by Gasteiger charge is -2.17. The van der Waals surface area contributed by atoms with Gasteiger partial charge in [-0.2, -0.15) is 0 Å². The molecule has 1 unspecified atom stereocenters. The summed E-state index contributed by atoms with van der Waals surface area (Å²) in [7, 11) is 1.82. The van der Waals surface area contributed by atoms with Crippen LogP contribution in [-0.2, 0) is 0 Å². The Bertz CT molecular complexity index is 615. The summed E-state index contributed by atoms with van der Waals surface area (Å²) >= 11 is 6.13. The minimum atomic E-state index is -0.287. The minimum absolute atomic E-state index is 0.0238. The molecule has 0 aromatic heterocycles. The van der Waals surface area contributed by atoms with Gasteiger partial charge in [-0.15, -0.1) is 0 Å². The van der Waals surface area contributed by atoms with Crippen molar-refractivity contribution < 1.29 is 9.13 Å². The van der Waals surface area contributed by atoms with E-state index in [2.05, 4.69) is 5.32 Å². The Morgan fingerprint density at radius 1 is 1.15 bits per heavy atom. The molecule has 0 amide bonds. The van der Waals surface area contributed by atoms with E-state index in [9.17, 15) is 4.39 Å². The fraction of sp³-hybridized carbons (Fsp3) is 0.250. The van der Waals surface area contributed by atoms with Crippen LogP contribution in [0.5, 0.6) is 11.5 Å². The first-order valence-corrected chi connectivity index (χ1v) is 6.79. The first-order valence-electron chi connectivity index (χ1n) is 6.42. The normalized spacial score (nSPS) is 12.2. The molecule has 0 aliphatic carbocycles. The average molecular weight is 294 g/mol. The molecule has 0 radical (unpaired) electrons. The quantitative estimate of drug-likeness (QED) is 0.869. The second-order valence-corrected chi connectivity index (χ2v) is 5.14. The lowest BCUT2D eigenvalue weighted by Crippen LogP contribution is -2.13. The van der Waals surface area contributed by atoms with Crippen molar-refractivity contribution in [1.29, 1.82) is 0 Å². The van der Waals surface area contributed by atoms with Gasteiger partial charge in [-0.25, -0.2) is 4.39 Å². The molecule has 0 spiro atoms. The van der Waals surface area contributed by atoms with Crippen LogP contribution in [0.25, 0.3) is 0 Å². The van der Waals surface area contributed by atoms with Crippen LogP contribution in [0.3, 0.4) is 0 Å². The number of aryl methyl sites for hydroxylation is 1. The second kappa shape index (κ2) is 6.25. The molecule has 0 fully saturated rings. The molecule has 2 aromatic rings. The van der Waals surface area contributed by atoms with E-state index in [4.69, 9.17) is 16.3 Å². The number of benzene rings is 2. The minimum Gasteiger partial charge on any atom is -0.455 e. The van der Waals surface area contributed by atoms with E-state index in [0.29, 0.717) is 16.5 Å². The molecule has 20 heavy (non-hydrogen) atoms. The highest BCUT2D eigenvalue weighted by atomic mass is 35.5. The zero-order valence-corrected chi connectivity index (χ0v) is 12.5. The summed E-state index contributed by atoms with van der Waals surface area (Å²) < 4.78 is 19.3. The SMILES string of the molecule is CNC(C)c1cc(F)ccc1Oc1cc(C)ccc1Cl. The lowest BCUT2D eigenvalue weighted by molar-refractivity contribution is 0.463. The summed E-state index contributed by atoms with van der Waals surface area (Å²) in [5.41, 5.74) is 1.81. The van der Waals surface area contributed by atoms with Gasteiger partial charge < -0.3 is 10.1 Å². The van der Waals surface area contributed by atoms with Crippen molar-refractivity contribution in [2.24, 2.45) is 0 Å². The first-order chi connectivity index (χ1) is 9.51. The van der Waals surface area contributed by atoms with Crippen LogP contribution in [0.4, 0.5) is 4.39 Å². The Kier molecular flexibility index (Phi) is 4.63. The van der Waals surface area contributed by atoms with Gasteiger partial charge in [0.2, 0.25) is 0 Å². The Balaban J connectivity index is 2.40. The van der Waals surface area contributed by atoms with Crippen LogP contribution in [-0.4, -0.2) is 7.05 Å². The van der Waals surface area contributed by atoms with Gasteiger partial charge in [-0.05, 0) is 56.8 Å². The summed E-state index contributed by atoms with van der Waals surface area (Å²) in [5, 5.41) is 3.61. The number of hydrogen-bond acceptors (Lipinski definition) is 2. The van der Waals surface area contributed by atoms with Crippen molar-refractivity contribution in [2.45, 2.75) is 19.9 Å². The average Bonchev–Trinajstić information content (AvgIpc) is 2.43. The van der Waals surface area contributed by atoms with E-state index in [1.54, 1.807) is 12.1 Å². The zero-order chi connectivity index (χ0) is 14.7. The van der Waals surface area contributed by atoms with Crippen molar-refractivity contribution >= 4 is 11.6 Å². The second-order valence-electron chi connectivity index (χ2n) is 4.73. The Morgan fingerprint density at radius 2 is 1.90 bits per heavy atom. The van der Waals surface area contributed by atoms with Gasteiger partial charge in [0.1, 0.15) is 17.3 Å². The Hall–Kier alpha value is -1.58. The molecule has 2 aromatic carbocycles. The molecule has 2 rings (SSSR count). The third kappa shape index (κ3) is 3.30. The van der Waals surface area contributed by atoms with Crippen molar-refractivity contribution in [1.82, 2.24) is 5.32 Å². The Morgan fingerprint density at radius 3 is 2.60 bits per heavy atom. The smallest absolute Gasteiger partial charge is 0.146 e. The van der Waals surface area contributed by atoms with Crippen LogP contribution in [0.2, 0.25) is 5.02 Å². The summed E-state index contributed by atoms with van der Waals surface area (Å²) in [5.74, 6) is 0.883. The number of halogens is 2. The summed E-state index contributed by atoms with van der Waals surface area (Å²) in [6.07, 6.45) is 0. The molecule has 2 nitrogen and oxygen atoms in total. The molecule has 0 saturated carbocycles. The molecule has 0 aliphatic rings. The molecule has 0 aliphatic heterocycles. The molecule has 1 atom stereocenters. The van der Waals surface area contributed by atoms with Crippen LogP contribution in [0.15, 0.2) is 36.4 Å². The maximum Gasteiger partial charge on any atom is 0.146 e. The predicted octanol–water partition coefficient (Wildman–Crippen LogP) is 4.86. The maximum absolute atomic E-state index is 13.4. The maximum atomic E-state index is 13.4. The van der Waals surface area contributed by atoms with E-state index in [0.717, 1.165) is 11.1 Å². The van der Waals surface area contributed by atoms with Gasteiger partial charge in [0.25, 0.3) is 0 Å². The van der Waals surface area contributed by atoms with Crippen LogP contribution in [0.1, 0.15) is 24.1 Å². The van der Waals surface area contributed by atoms with Gasteiger partial charge in [0.15, 0.2) is 0 Å². The third-order valence-electron chi connectivity index (χ3n) is 3.18. The zero-order valence-electron chi connectivity index (χ0n) is 11.7. The largest absolute Gasteiger partial charge is 0.455 e. The Labute approximate surface area is 123 Å². The van der Waals surface area contributed by atoms with Gasteiger partial charge in [0, 0.05) is 11.6 Å². The van der Waals surface area contributed by atoms with E-state index in [-0.39, 0.29) is 11.9 Å². The van der Waals surface area contributed by atoms with E-state index < -0.39 is 0 Å². The van der Waals surface area contributed by atoms with Crippen molar-refractivity contribution in [3.63, 3.8) is 0 Å². The molecule has 0 heterocycles. The summed E-state index contributed by atoms with van der Waals surface area (Å²) in [4.78, 5) is 0. The highest BCUT2D eigenvalue weighted by molar-refractivity contribution is 6.32. The van der Waals surface area contributed by atoms with Crippen LogP contribution < -0.4 is 10.1 Å². The lowest BCUT2D eigenvalue weighted by atomic mass is 10.1. The molecule has 0 bridgehead atoms. The fourth-order valence-corrected chi connectivity index (χ4v) is 2.07. The number of hydrogen-bond donors (Lipinski definition) is 1. The summed E-state index contributed by atoms with van der Waals surface area (Å²) in [6.45, 7) is 3.91. The van der Waals surface area contributed by atoms with Gasteiger partial charge >= 0.3 is 0 Å². The first kappa shape index (κ1) is 14.8. The molecule has 4 heteroatoms. The molecule has 106 valence electrons. The van der Waals surface area contributed by atoms with Crippen molar-refractivity contribution in [2.75, 3.05) is 7.05 Å². The van der Waals surface area contributed by atoms with Crippen molar-refractivity contribution in [3.05, 3.63) is 58.4 Å². The van der Waals surface area contributed by atoms with Gasteiger partial charge in [-0.3, -0.25) is 0 Å². The van der Waals surface area contributed by atoms with Crippen molar-refractivity contribution in [3.8, 4) is 11.5 Å². The highest BCUT2D eigenvalue weighted by Gasteiger charge is 2.13.